The number of pyridine rings is 2. The molecule has 0 bridgehead atoms. The average Bonchev–Trinajstić information content (AvgIpc) is 2.88. The van der Waals surface area contributed by atoms with Crippen molar-refractivity contribution in [2.45, 2.75) is 6.54 Å². The van der Waals surface area contributed by atoms with Gasteiger partial charge in [-0.2, -0.15) is 0 Å². The van der Waals surface area contributed by atoms with Crippen LogP contribution in [0, 0.1) is 0 Å². The minimum absolute atomic E-state index is 0.562. The minimum atomic E-state index is 0.562. The van der Waals surface area contributed by atoms with E-state index in [0.29, 0.717) is 18.2 Å². The molecule has 166 valence electrons. The van der Waals surface area contributed by atoms with Crippen molar-refractivity contribution in [2.75, 3.05) is 41.8 Å². The number of hydrogen-bond donors (Lipinski definition) is 3. The van der Waals surface area contributed by atoms with Gasteiger partial charge in [-0.3, -0.25) is 4.98 Å². The van der Waals surface area contributed by atoms with Crippen LogP contribution < -0.4 is 20.9 Å². The van der Waals surface area contributed by atoms with Crippen molar-refractivity contribution in [1.82, 2.24) is 15.3 Å². The summed E-state index contributed by atoms with van der Waals surface area (Å²) in [5.41, 5.74) is 8.34. The first-order valence-corrected chi connectivity index (χ1v) is 10.9. The number of aromatic nitrogens is 2. The molecule has 8 nitrogen and oxygen atoms in total. The Balaban J connectivity index is 1.42. The van der Waals surface area contributed by atoms with Crippen LogP contribution in [0.2, 0.25) is 0 Å². The number of nitrogens with one attached hydrogen (secondary N) is 3. The fraction of sp³-hybridized carbons (Fsp3) is 0.200. The molecular weight excluding hydrogens is 414 g/mol. The number of aliphatic imine (C=N–C) groups is 1. The number of fused-ring (bicyclic) bond motifs is 1. The SMILES string of the molecule is C=C=C1NC=Nc2cc(NCc3ccccn3)nc(Nc3ccc(N4CCOCC4)cc3)c21. The van der Waals surface area contributed by atoms with Gasteiger partial charge in [-0.25, -0.2) is 9.98 Å². The van der Waals surface area contributed by atoms with E-state index in [4.69, 9.17) is 9.72 Å². The molecule has 0 atom stereocenters. The number of hydrogen-bond acceptors (Lipinski definition) is 8. The Kier molecular flexibility index (Phi) is 6.01. The van der Waals surface area contributed by atoms with Gasteiger partial charge in [0, 0.05) is 36.7 Å². The molecule has 5 rings (SSSR count). The van der Waals surface area contributed by atoms with Crippen molar-refractivity contribution in [1.29, 1.82) is 0 Å². The maximum atomic E-state index is 5.45. The largest absolute Gasteiger partial charge is 0.378 e. The van der Waals surface area contributed by atoms with Gasteiger partial charge >= 0.3 is 0 Å². The average molecular weight is 440 g/mol. The highest BCUT2D eigenvalue weighted by Crippen LogP contribution is 2.36. The van der Waals surface area contributed by atoms with Crippen molar-refractivity contribution in [3.63, 3.8) is 0 Å². The fourth-order valence-corrected chi connectivity index (χ4v) is 3.84. The van der Waals surface area contributed by atoms with Gasteiger partial charge in [0.25, 0.3) is 0 Å². The Labute approximate surface area is 192 Å². The molecule has 0 saturated carbocycles. The quantitative estimate of drug-likeness (QED) is 0.500. The first kappa shape index (κ1) is 20.8. The highest BCUT2D eigenvalue weighted by molar-refractivity contribution is 5.93. The zero-order chi connectivity index (χ0) is 22.5. The maximum absolute atomic E-state index is 5.45. The molecule has 0 amide bonds. The molecule has 2 aliphatic rings. The number of ether oxygens (including phenoxy) is 1. The van der Waals surface area contributed by atoms with Crippen LogP contribution in [0.1, 0.15) is 11.3 Å². The zero-order valence-corrected chi connectivity index (χ0v) is 18.2. The first-order valence-electron chi connectivity index (χ1n) is 10.9. The van der Waals surface area contributed by atoms with E-state index in [0.717, 1.165) is 54.6 Å². The van der Waals surface area contributed by atoms with Gasteiger partial charge in [-0.05, 0) is 36.4 Å². The topological polar surface area (TPSA) is 86.7 Å². The summed E-state index contributed by atoms with van der Waals surface area (Å²) in [5, 5.41) is 9.91. The van der Waals surface area contributed by atoms with Crippen molar-refractivity contribution >= 4 is 40.7 Å². The Morgan fingerprint density at radius 2 is 1.97 bits per heavy atom. The molecule has 2 aromatic heterocycles. The molecule has 0 radical (unpaired) electrons. The number of rotatable bonds is 6. The highest BCUT2D eigenvalue weighted by atomic mass is 16.5. The van der Waals surface area contributed by atoms with E-state index in [1.165, 1.54) is 5.69 Å². The minimum Gasteiger partial charge on any atom is -0.378 e. The molecular formula is C25H25N7O. The molecule has 1 saturated heterocycles. The first-order chi connectivity index (χ1) is 16.3. The number of nitrogens with zero attached hydrogens (tertiary/aromatic N) is 4. The van der Waals surface area contributed by atoms with E-state index < -0.39 is 0 Å². The van der Waals surface area contributed by atoms with E-state index >= 15 is 0 Å². The molecule has 2 aliphatic heterocycles. The molecule has 0 aliphatic carbocycles. The van der Waals surface area contributed by atoms with Gasteiger partial charge in [-0.1, -0.05) is 12.6 Å². The lowest BCUT2D eigenvalue weighted by Gasteiger charge is -2.29. The van der Waals surface area contributed by atoms with Crippen LogP contribution in [0.3, 0.4) is 0 Å². The smallest absolute Gasteiger partial charge is 0.145 e. The molecule has 0 unspecified atom stereocenters. The summed E-state index contributed by atoms with van der Waals surface area (Å²) < 4.78 is 5.45. The molecule has 8 heteroatoms. The second-order valence-corrected chi connectivity index (χ2v) is 7.65. The van der Waals surface area contributed by atoms with Gasteiger partial charge < -0.3 is 25.6 Å². The van der Waals surface area contributed by atoms with Crippen LogP contribution >= 0.6 is 0 Å². The maximum Gasteiger partial charge on any atom is 0.145 e. The van der Waals surface area contributed by atoms with Crippen LogP contribution in [0.4, 0.5) is 28.7 Å². The standard InChI is InChI=1S/C25H25N7O/c1-2-21-24-22(29-17-28-21)15-23(27-16-19-5-3-4-10-26-19)31-25(24)30-18-6-8-20(9-7-18)32-11-13-33-14-12-32/h3-10,15,17H,1,11-14,16H2,(H,28,29)(H2,27,30,31). The summed E-state index contributed by atoms with van der Waals surface area (Å²) in [6.45, 7) is 7.71. The Morgan fingerprint density at radius 1 is 1.12 bits per heavy atom. The summed E-state index contributed by atoms with van der Waals surface area (Å²) >= 11 is 0. The summed E-state index contributed by atoms with van der Waals surface area (Å²) in [5.74, 6) is 1.37. The zero-order valence-electron chi connectivity index (χ0n) is 18.2. The number of morpholine rings is 1. The third-order valence-corrected chi connectivity index (χ3v) is 5.52. The summed E-state index contributed by atoms with van der Waals surface area (Å²) in [4.78, 5) is 16.0. The lowest BCUT2D eigenvalue weighted by atomic mass is 10.1. The highest BCUT2D eigenvalue weighted by Gasteiger charge is 2.19. The third kappa shape index (κ3) is 4.72. The molecule has 3 aromatic rings. The summed E-state index contributed by atoms with van der Waals surface area (Å²) in [7, 11) is 0. The van der Waals surface area contributed by atoms with Crippen LogP contribution in [-0.2, 0) is 11.3 Å². The molecule has 1 aromatic carbocycles. The van der Waals surface area contributed by atoms with E-state index in [-0.39, 0.29) is 0 Å². The molecule has 0 spiro atoms. The monoisotopic (exact) mass is 439 g/mol. The molecule has 1 fully saturated rings. The summed E-state index contributed by atoms with van der Waals surface area (Å²) in [6.07, 6.45) is 3.42. The van der Waals surface area contributed by atoms with Crippen LogP contribution in [0.15, 0.2) is 72.0 Å². The predicted molar refractivity (Wildman–Crippen MR) is 132 cm³/mol. The second-order valence-electron chi connectivity index (χ2n) is 7.65. The third-order valence-electron chi connectivity index (χ3n) is 5.52. The normalized spacial score (nSPS) is 14.8. The van der Waals surface area contributed by atoms with E-state index in [9.17, 15) is 0 Å². The lowest BCUT2D eigenvalue weighted by molar-refractivity contribution is 0.122. The Hall–Kier alpha value is -4.13. The van der Waals surface area contributed by atoms with Gasteiger partial charge in [0.05, 0.1) is 48.7 Å². The van der Waals surface area contributed by atoms with Gasteiger partial charge in [0.2, 0.25) is 0 Å². The molecule has 4 heterocycles. The van der Waals surface area contributed by atoms with Crippen molar-refractivity contribution < 1.29 is 4.74 Å². The Bertz CT molecular complexity index is 1200. The number of benzene rings is 1. The molecule has 3 N–H and O–H groups in total. The van der Waals surface area contributed by atoms with E-state index in [2.05, 4.69) is 67.4 Å². The van der Waals surface area contributed by atoms with Crippen LogP contribution in [0.5, 0.6) is 0 Å². The predicted octanol–water partition coefficient (Wildman–Crippen LogP) is 4.06. The van der Waals surface area contributed by atoms with Gasteiger partial charge in [-0.15, -0.1) is 5.73 Å². The summed E-state index contributed by atoms with van der Waals surface area (Å²) in [6, 6.07) is 16.1. The van der Waals surface area contributed by atoms with Crippen molar-refractivity contribution in [3.05, 3.63) is 78.3 Å². The van der Waals surface area contributed by atoms with Crippen molar-refractivity contribution in [3.8, 4) is 0 Å². The van der Waals surface area contributed by atoms with Crippen LogP contribution in [0.25, 0.3) is 5.70 Å². The Morgan fingerprint density at radius 3 is 2.73 bits per heavy atom. The van der Waals surface area contributed by atoms with Gasteiger partial charge in [0.1, 0.15) is 11.6 Å². The lowest BCUT2D eigenvalue weighted by Crippen LogP contribution is -2.36. The number of anilines is 4. The van der Waals surface area contributed by atoms with E-state index in [1.807, 2.05) is 24.3 Å². The van der Waals surface area contributed by atoms with Crippen LogP contribution in [-0.4, -0.2) is 42.6 Å². The molecule has 33 heavy (non-hydrogen) atoms. The fourth-order valence-electron chi connectivity index (χ4n) is 3.84. The van der Waals surface area contributed by atoms with E-state index in [1.54, 1.807) is 12.5 Å². The van der Waals surface area contributed by atoms with Crippen molar-refractivity contribution in [2.24, 2.45) is 4.99 Å². The second kappa shape index (κ2) is 9.56. The van der Waals surface area contributed by atoms with Gasteiger partial charge in [0.15, 0.2) is 0 Å².